The fourth-order valence-electron chi connectivity index (χ4n) is 2.80. The molecule has 30 heavy (non-hydrogen) atoms. The lowest BCUT2D eigenvalue weighted by molar-refractivity contribution is -0.384. The molecule has 3 rings (SSSR count). The molecule has 0 aliphatic carbocycles. The topological polar surface area (TPSA) is 96.0 Å². The van der Waals surface area contributed by atoms with Gasteiger partial charge in [-0.25, -0.2) is 0 Å². The summed E-state index contributed by atoms with van der Waals surface area (Å²) in [4.78, 5) is 27.5. The number of nitro groups is 1. The van der Waals surface area contributed by atoms with E-state index in [0.717, 1.165) is 16.0 Å². The molecule has 1 heterocycles. The molecule has 9 heteroatoms. The third-order valence-corrected chi connectivity index (χ3v) is 5.25. The van der Waals surface area contributed by atoms with E-state index >= 15 is 0 Å². The Labute approximate surface area is 176 Å². The molecule has 0 saturated heterocycles. The molecule has 0 fully saturated rings. The highest BCUT2D eigenvalue weighted by Crippen LogP contribution is 2.23. The van der Waals surface area contributed by atoms with E-state index in [2.05, 4.69) is 4.99 Å². The van der Waals surface area contributed by atoms with E-state index in [4.69, 9.17) is 9.47 Å². The molecule has 0 unspecified atom stereocenters. The number of ether oxygens (including phenoxy) is 2. The van der Waals surface area contributed by atoms with Gasteiger partial charge in [0.05, 0.1) is 28.4 Å². The number of amides is 1. The van der Waals surface area contributed by atoms with Crippen LogP contribution in [0.3, 0.4) is 0 Å². The summed E-state index contributed by atoms with van der Waals surface area (Å²) in [5, 5.41) is 10.7. The maximum absolute atomic E-state index is 12.4. The molecule has 0 N–H and O–H groups in total. The van der Waals surface area contributed by atoms with Gasteiger partial charge in [-0.2, -0.15) is 4.99 Å². The number of hydrogen-bond acceptors (Lipinski definition) is 6. The van der Waals surface area contributed by atoms with Crippen molar-refractivity contribution in [1.82, 2.24) is 4.57 Å². The van der Waals surface area contributed by atoms with Crippen LogP contribution in [0.5, 0.6) is 5.75 Å². The number of hydrogen-bond donors (Lipinski definition) is 0. The third kappa shape index (κ3) is 5.19. The summed E-state index contributed by atoms with van der Waals surface area (Å²) in [6.07, 6.45) is 2.92. The number of methoxy groups -OCH3 is 1. The number of nitrogens with zero attached hydrogens (tertiary/aromatic N) is 3. The van der Waals surface area contributed by atoms with Crippen LogP contribution in [-0.4, -0.2) is 35.7 Å². The Kier molecular flexibility index (Phi) is 7.10. The summed E-state index contributed by atoms with van der Waals surface area (Å²) in [5.41, 5.74) is 1.62. The monoisotopic (exact) mass is 427 g/mol. The molecule has 3 aromatic rings. The van der Waals surface area contributed by atoms with E-state index in [9.17, 15) is 14.9 Å². The van der Waals surface area contributed by atoms with Gasteiger partial charge < -0.3 is 14.0 Å². The first-order valence-electron chi connectivity index (χ1n) is 9.28. The van der Waals surface area contributed by atoms with Crippen LogP contribution in [0.4, 0.5) is 5.69 Å². The van der Waals surface area contributed by atoms with Gasteiger partial charge in [0, 0.05) is 31.9 Å². The predicted molar refractivity (Wildman–Crippen MR) is 116 cm³/mol. The number of carbonyl (C=O) groups excluding carboxylic acids is 1. The Morgan fingerprint density at radius 3 is 2.70 bits per heavy atom. The average molecular weight is 427 g/mol. The molecular formula is C21H21N3O5S. The fourth-order valence-corrected chi connectivity index (χ4v) is 3.89. The van der Waals surface area contributed by atoms with Crippen molar-refractivity contribution in [1.29, 1.82) is 0 Å². The van der Waals surface area contributed by atoms with Crippen molar-refractivity contribution in [3.63, 3.8) is 0 Å². The van der Waals surface area contributed by atoms with Gasteiger partial charge in [-0.1, -0.05) is 11.3 Å². The largest absolute Gasteiger partial charge is 0.494 e. The van der Waals surface area contributed by atoms with Gasteiger partial charge in [-0.3, -0.25) is 14.9 Å². The van der Waals surface area contributed by atoms with Crippen LogP contribution >= 0.6 is 11.3 Å². The molecule has 0 aliphatic rings. The lowest BCUT2D eigenvalue weighted by Crippen LogP contribution is -2.18. The first-order valence-corrected chi connectivity index (χ1v) is 10.1. The van der Waals surface area contributed by atoms with Crippen LogP contribution in [0.25, 0.3) is 16.3 Å². The summed E-state index contributed by atoms with van der Waals surface area (Å²) in [5.74, 6) is 0.345. The summed E-state index contributed by atoms with van der Waals surface area (Å²) < 4.78 is 13.6. The molecule has 0 radical (unpaired) electrons. The van der Waals surface area contributed by atoms with Gasteiger partial charge in [-0.05, 0) is 48.9 Å². The number of benzene rings is 2. The molecular weight excluding hydrogens is 406 g/mol. The highest BCUT2D eigenvalue weighted by Gasteiger charge is 2.09. The van der Waals surface area contributed by atoms with Gasteiger partial charge in [-0.15, -0.1) is 0 Å². The highest BCUT2D eigenvalue weighted by atomic mass is 32.1. The number of carbonyl (C=O) groups is 1. The summed E-state index contributed by atoms with van der Waals surface area (Å²) in [6.45, 7) is 3.54. The number of fused-ring (bicyclic) bond motifs is 1. The van der Waals surface area contributed by atoms with Crippen molar-refractivity contribution in [3.05, 3.63) is 69.0 Å². The summed E-state index contributed by atoms with van der Waals surface area (Å²) in [6, 6.07) is 11.7. The number of rotatable bonds is 8. The van der Waals surface area contributed by atoms with E-state index in [-0.39, 0.29) is 5.69 Å². The standard InChI is InChI=1S/C21H21N3O5S/c1-3-29-17-9-10-18-19(14-17)30-21(23(18)12-13-28-2)22-20(25)11-6-15-4-7-16(8-5-15)24(26)27/h4-11,14H,3,12-13H2,1-2H3/b11-6-,22-21?. The second-order valence-corrected chi connectivity index (χ2v) is 7.23. The van der Waals surface area contributed by atoms with Gasteiger partial charge in [0.1, 0.15) is 5.75 Å². The van der Waals surface area contributed by atoms with Crippen molar-refractivity contribution in [2.75, 3.05) is 20.3 Å². The van der Waals surface area contributed by atoms with Crippen molar-refractivity contribution >= 4 is 39.2 Å². The number of aromatic nitrogens is 1. The van der Waals surface area contributed by atoms with E-state index in [1.165, 1.54) is 29.5 Å². The Balaban J connectivity index is 1.90. The van der Waals surface area contributed by atoms with E-state index < -0.39 is 10.8 Å². The van der Waals surface area contributed by atoms with Gasteiger partial charge in [0.25, 0.3) is 11.6 Å². The van der Waals surface area contributed by atoms with E-state index in [1.54, 1.807) is 25.3 Å². The van der Waals surface area contributed by atoms with Crippen LogP contribution in [0, 0.1) is 10.1 Å². The minimum Gasteiger partial charge on any atom is -0.494 e. The summed E-state index contributed by atoms with van der Waals surface area (Å²) >= 11 is 1.40. The van der Waals surface area contributed by atoms with Gasteiger partial charge in [0.2, 0.25) is 0 Å². The lowest BCUT2D eigenvalue weighted by Gasteiger charge is -2.05. The highest BCUT2D eigenvalue weighted by molar-refractivity contribution is 7.16. The predicted octanol–water partition coefficient (Wildman–Crippen LogP) is 3.80. The Bertz CT molecular complexity index is 1150. The molecule has 156 valence electrons. The number of nitro benzene ring substituents is 1. The molecule has 0 atom stereocenters. The zero-order valence-electron chi connectivity index (χ0n) is 16.6. The Morgan fingerprint density at radius 1 is 1.27 bits per heavy atom. The second-order valence-electron chi connectivity index (χ2n) is 6.22. The molecule has 1 aromatic heterocycles. The van der Waals surface area contributed by atoms with Crippen LogP contribution in [0.15, 0.2) is 53.5 Å². The number of thiazole rings is 1. The normalized spacial score (nSPS) is 12.0. The lowest BCUT2D eigenvalue weighted by atomic mass is 10.2. The van der Waals surface area contributed by atoms with Crippen molar-refractivity contribution in [3.8, 4) is 5.75 Å². The van der Waals surface area contributed by atoms with Crippen LogP contribution in [0.2, 0.25) is 0 Å². The van der Waals surface area contributed by atoms with Gasteiger partial charge in [0.15, 0.2) is 4.80 Å². The van der Waals surface area contributed by atoms with E-state index in [1.807, 2.05) is 29.7 Å². The smallest absolute Gasteiger partial charge is 0.272 e. The van der Waals surface area contributed by atoms with Crippen LogP contribution in [0.1, 0.15) is 12.5 Å². The molecule has 8 nitrogen and oxygen atoms in total. The minimum absolute atomic E-state index is 0.000883. The molecule has 2 aromatic carbocycles. The minimum atomic E-state index is -0.467. The zero-order valence-corrected chi connectivity index (χ0v) is 17.4. The Morgan fingerprint density at radius 2 is 2.03 bits per heavy atom. The molecule has 0 spiro atoms. The zero-order chi connectivity index (χ0) is 21.5. The fraction of sp³-hybridized carbons (Fsp3) is 0.238. The Hall–Kier alpha value is -3.30. The number of non-ortho nitro benzene ring substituents is 1. The molecule has 0 bridgehead atoms. The van der Waals surface area contributed by atoms with E-state index in [0.29, 0.717) is 30.1 Å². The quantitative estimate of drug-likeness (QED) is 0.310. The van der Waals surface area contributed by atoms with Crippen molar-refractivity contribution in [2.45, 2.75) is 13.5 Å². The molecule has 0 saturated carbocycles. The van der Waals surface area contributed by atoms with Gasteiger partial charge >= 0.3 is 0 Å². The molecule has 0 aliphatic heterocycles. The summed E-state index contributed by atoms with van der Waals surface area (Å²) in [7, 11) is 1.62. The SMILES string of the molecule is CCOc1ccc2c(c1)sc(=NC(=O)/C=C\c1ccc([N+](=O)[O-])cc1)n2CCOC. The first kappa shape index (κ1) is 21.4. The van der Waals surface area contributed by atoms with Crippen molar-refractivity contribution < 1.29 is 19.2 Å². The van der Waals surface area contributed by atoms with Crippen LogP contribution < -0.4 is 9.54 Å². The van der Waals surface area contributed by atoms with Crippen LogP contribution in [-0.2, 0) is 16.1 Å². The maximum Gasteiger partial charge on any atom is 0.272 e. The third-order valence-electron chi connectivity index (χ3n) is 4.21. The average Bonchev–Trinajstić information content (AvgIpc) is 3.07. The molecule has 1 amide bonds. The first-order chi connectivity index (χ1) is 14.5. The second kappa shape index (κ2) is 9.95. The van der Waals surface area contributed by atoms with Crippen molar-refractivity contribution in [2.24, 2.45) is 4.99 Å². The maximum atomic E-state index is 12.4.